The first-order valence-electron chi connectivity index (χ1n) is 6.51. The average molecular weight is 258 g/mol. The number of benzene rings is 2. The first kappa shape index (κ1) is 13.6. The maximum Gasteiger partial charge on any atom is 0.125 e. The Kier molecular flexibility index (Phi) is 4.17. The van der Waals surface area contributed by atoms with Crippen LogP contribution in [0.3, 0.4) is 0 Å². The van der Waals surface area contributed by atoms with Crippen LogP contribution in [-0.4, -0.2) is 6.54 Å². The van der Waals surface area contributed by atoms with E-state index in [-0.39, 0.29) is 11.9 Å². The SMILES string of the molecule is CCN(c1cccc(F)c1)c1ccccc1C(C)N. The Morgan fingerprint density at radius 3 is 2.53 bits per heavy atom. The van der Waals surface area contributed by atoms with Crippen LogP contribution in [0, 0.1) is 5.82 Å². The summed E-state index contributed by atoms with van der Waals surface area (Å²) in [5.41, 5.74) is 8.95. The largest absolute Gasteiger partial charge is 0.341 e. The monoisotopic (exact) mass is 258 g/mol. The van der Waals surface area contributed by atoms with Crippen molar-refractivity contribution in [2.24, 2.45) is 5.73 Å². The fraction of sp³-hybridized carbons (Fsp3) is 0.250. The molecule has 2 aromatic rings. The predicted molar refractivity (Wildman–Crippen MR) is 78.1 cm³/mol. The Morgan fingerprint density at radius 2 is 1.89 bits per heavy atom. The lowest BCUT2D eigenvalue weighted by atomic mass is 10.1. The number of anilines is 2. The number of para-hydroxylation sites is 1. The molecule has 1 unspecified atom stereocenters. The molecule has 0 amide bonds. The molecule has 0 aliphatic heterocycles. The van der Waals surface area contributed by atoms with Crippen molar-refractivity contribution in [1.82, 2.24) is 0 Å². The number of nitrogens with zero attached hydrogens (tertiary/aromatic N) is 1. The highest BCUT2D eigenvalue weighted by Gasteiger charge is 2.13. The van der Waals surface area contributed by atoms with Gasteiger partial charge in [0.15, 0.2) is 0 Å². The van der Waals surface area contributed by atoms with Crippen molar-refractivity contribution in [3.63, 3.8) is 0 Å². The van der Waals surface area contributed by atoms with Gasteiger partial charge in [-0.3, -0.25) is 0 Å². The maximum atomic E-state index is 13.4. The van der Waals surface area contributed by atoms with E-state index in [1.807, 2.05) is 44.2 Å². The minimum absolute atomic E-state index is 0.0567. The summed E-state index contributed by atoms with van der Waals surface area (Å²) in [6.07, 6.45) is 0. The van der Waals surface area contributed by atoms with Crippen LogP contribution in [0.5, 0.6) is 0 Å². The van der Waals surface area contributed by atoms with E-state index >= 15 is 0 Å². The van der Waals surface area contributed by atoms with Crippen molar-refractivity contribution >= 4 is 11.4 Å². The van der Waals surface area contributed by atoms with Gasteiger partial charge >= 0.3 is 0 Å². The summed E-state index contributed by atoms with van der Waals surface area (Å²) in [6, 6.07) is 14.6. The normalized spacial score (nSPS) is 12.2. The minimum atomic E-state index is -0.228. The highest BCUT2D eigenvalue weighted by atomic mass is 19.1. The summed E-state index contributed by atoms with van der Waals surface area (Å²) in [5.74, 6) is -0.228. The van der Waals surface area contributed by atoms with Crippen LogP contribution in [0.1, 0.15) is 25.5 Å². The molecule has 0 aliphatic rings. The van der Waals surface area contributed by atoms with Gasteiger partial charge in [0.05, 0.1) is 0 Å². The van der Waals surface area contributed by atoms with E-state index in [4.69, 9.17) is 5.73 Å². The number of hydrogen-bond donors (Lipinski definition) is 1. The van der Waals surface area contributed by atoms with E-state index < -0.39 is 0 Å². The van der Waals surface area contributed by atoms with Crippen LogP contribution in [0.15, 0.2) is 48.5 Å². The third kappa shape index (κ3) is 2.93. The molecule has 0 bridgehead atoms. The van der Waals surface area contributed by atoms with Crippen molar-refractivity contribution in [1.29, 1.82) is 0 Å². The first-order valence-corrected chi connectivity index (χ1v) is 6.51. The Bertz CT molecular complexity index is 552. The summed E-state index contributed by atoms with van der Waals surface area (Å²) in [7, 11) is 0. The zero-order valence-corrected chi connectivity index (χ0v) is 11.3. The molecule has 0 fully saturated rings. The highest BCUT2D eigenvalue weighted by molar-refractivity contribution is 5.67. The van der Waals surface area contributed by atoms with E-state index in [2.05, 4.69) is 4.90 Å². The summed E-state index contributed by atoms with van der Waals surface area (Å²) in [6.45, 7) is 4.76. The molecule has 3 heteroatoms. The minimum Gasteiger partial charge on any atom is -0.341 e. The number of nitrogens with two attached hydrogens (primary N) is 1. The van der Waals surface area contributed by atoms with E-state index in [0.29, 0.717) is 0 Å². The van der Waals surface area contributed by atoms with Gasteiger partial charge in [-0.05, 0) is 43.7 Å². The number of rotatable bonds is 4. The number of hydrogen-bond acceptors (Lipinski definition) is 2. The second-order valence-corrected chi connectivity index (χ2v) is 4.57. The van der Waals surface area contributed by atoms with Crippen molar-refractivity contribution in [2.75, 3.05) is 11.4 Å². The molecule has 2 N–H and O–H groups in total. The lowest BCUT2D eigenvalue weighted by Gasteiger charge is -2.27. The summed E-state index contributed by atoms with van der Waals surface area (Å²) in [5, 5.41) is 0. The van der Waals surface area contributed by atoms with Gasteiger partial charge in [0, 0.05) is 24.0 Å². The molecule has 2 aromatic carbocycles. The number of halogens is 1. The zero-order chi connectivity index (χ0) is 13.8. The lowest BCUT2D eigenvalue weighted by molar-refractivity contribution is 0.627. The second kappa shape index (κ2) is 5.85. The molecule has 0 aromatic heterocycles. The Labute approximate surface area is 113 Å². The zero-order valence-electron chi connectivity index (χ0n) is 11.3. The van der Waals surface area contributed by atoms with E-state index in [9.17, 15) is 4.39 Å². The van der Waals surface area contributed by atoms with Gasteiger partial charge in [-0.1, -0.05) is 24.3 Å². The lowest BCUT2D eigenvalue weighted by Crippen LogP contribution is -2.20. The molecule has 2 nitrogen and oxygen atoms in total. The molecular formula is C16H19FN2. The van der Waals surface area contributed by atoms with Crippen molar-refractivity contribution in [2.45, 2.75) is 19.9 Å². The van der Waals surface area contributed by atoms with Crippen LogP contribution in [0.25, 0.3) is 0 Å². The molecule has 0 aliphatic carbocycles. The fourth-order valence-corrected chi connectivity index (χ4v) is 2.25. The third-order valence-electron chi connectivity index (χ3n) is 3.15. The standard InChI is InChI=1S/C16H19FN2/c1-3-19(14-8-6-7-13(17)11-14)16-10-5-4-9-15(16)12(2)18/h4-12H,3,18H2,1-2H3. The molecule has 19 heavy (non-hydrogen) atoms. The summed E-state index contributed by atoms with van der Waals surface area (Å²) < 4.78 is 13.4. The van der Waals surface area contributed by atoms with Gasteiger partial charge in [-0.25, -0.2) is 4.39 Å². The van der Waals surface area contributed by atoms with E-state index in [1.54, 1.807) is 12.1 Å². The third-order valence-corrected chi connectivity index (χ3v) is 3.15. The van der Waals surface area contributed by atoms with E-state index in [1.165, 1.54) is 6.07 Å². The Hall–Kier alpha value is -1.87. The molecular weight excluding hydrogens is 239 g/mol. The Balaban J connectivity index is 2.48. The molecule has 0 heterocycles. The second-order valence-electron chi connectivity index (χ2n) is 4.57. The van der Waals surface area contributed by atoms with Gasteiger partial charge < -0.3 is 10.6 Å². The predicted octanol–water partition coefficient (Wildman–Crippen LogP) is 4.00. The van der Waals surface area contributed by atoms with Crippen LogP contribution >= 0.6 is 0 Å². The van der Waals surface area contributed by atoms with Gasteiger partial charge in [-0.2, -0.15) is 0 Å². The average Bonchev–Trinajstić information content (AvgIpc) is 2.40. The van der Waals surface area contributed by atoms with Crippen LogP contribution < -0.4 is 10.6 Å². The molecule has 0 saturated carbocycles. The molecule has 2 rings (SSSR count). The fourth-order valence-electron chi connectivity index (χ4n) is 2.25. The van der Waals surface area contributed by atoms with Gasteiger partial charge in [0.2, 0.25) is 0 Å². The smallest absolute Gasteiger partial charge is 0.125 e. The highest BCUT2D eigenvalue weighted by Crippen LogP contribution is 2.31. The summed E-state index contributed by atoms with van der Waals surface area (Å²) in [4.78, 5) is 2.07. The van der Waals surface area contributed by atoms with Crippen LogP contribution in [0.2, 0.25) is 0 Å². The maximum absolute atomic E-state index is 13.4. The molecule has 0 saturated heterocycles. The van der Waals surface area contributed by atoms with Gasteiger partial charge in [0.1, 0.15) is 5.82 Å². The van der Waals surface area contributed by atoms with Gasteiger partial charge in [0.25, 0.3) is 0 Å². The van der Waals surface area contributed by atoms with Crippen molar-refractivity contribution in [3.8, 4) is 0 Å². The summed E-state index contributed by atoms with van der Waals surface area (Å²) >= 11 is 0. The molecule has 0 radical (unpaired) electrons. The molecule has 1 atom stereocenters. The Morgan fingerprint density at radius 1 is 1.16 bits per heavy atom. The quantitative estimate of drug-likeness (QED) is 0.898. The topological polar surface area (TPSA) is 29.3 Å². The van der Waals surface area contributed by atoms with Crippen LogP contribution in [0.4, 0.5) is 15.8 Å². The first-order chi connectivity index (χ1) is 9.13. The molecule has 0 spiro atoms. The van der Waals surface area contributed by atoms with Crippen LogP contribution in [-0.2, 0) is 0 Å². The van der Waals surface area contributed by atoms with Crippen molar-refractivity contribution < 1.29 is 4.39 Å². The van der Waals surface area contributed by atoms with E-state index in [0.717, 1.165) is 23.5 Å². The van der Waals surface area contributed by atoms with Gasteiger partial charge in [-0.15, -0.1) is 0 Å². The molecule has 100 valence electrons. The van der Waals surface area contributed by atoms with Crippen molar-refractivity contribution in [3.05, 3.63) is 59.9 Å².